The predicted molar refractivity (Wildman–Crippen MR) is 87.5 cm³/mol. The van der Waals surface area contributed by atoms with E-state index in [9.17, 15) is 4.79 Å². The van der Waals surface area contributed by atoms with Gasteiger partial charge in [-0.3, -0.25) is 9.69 Å². The third-order valence-electron chi connectivity index (χ3n) is 4.30. The molecule has 1 fully saturated rings. The number of halogens is 1. The summed E-state index contributed by atoms with van der Waals surface area (Å²) in [5.74, 6) is 0.116. The molecule has 116 valence electrons. The van der Waals surface area contributed by atoms with Gasteiger partial charge in [0.1, 0.15) is 0 Å². The van der Waals surface area contributed by atoms with E-state index in [1.807, 2.05) is 24.3 Å². The fraction of sp³-hybridized carbons (Fsp3) is 0.588. The summed E-state index contributed by atoms with van der Waals surface area (Å²) in [5, 5.41) is 3.87. The summed E-state index contributed by atoms with van der Waals surface area (Å²) >= 11 is 5.92. The van der Waals surface area contributed by atoms with Crippen molar-refractivity contribution < 1.29 is 4.79 Å². The molecule has 0 aromatic heterocycles. The Hall–Kier alpha value is -1.06. The van der Waals surface area contributed by atoms with Crippen molar-refractivity contribution in [3.63, 3.8) is 0 Å². The Morgan fingerprint density at radius 2 is 2.10 bits per heavy atom. The number of piperidine rings is 1. The Bertz CT molecular complexity index is 460. The van der Waals surface area contributed by atoms with Gasteiger partial charge in [-0.15, -0.1) is 0 Å². The second-order valence-corrected chi connectivity index (χ2v) is 6.33. The highest BCUT2D eigenvalue weighted by atomic mass is 35.5. The van der Waals surface area contributed by atoms with Gasteiger partial charge in [0.05, 0.1) is 12.6 Å². The summed E-state index contributed by atoms with van der Waals surface area (Å²) in [6.45, 7) is 5.84. The summed E-state index contributed by atoms with van der Waals surface area (Å²) in [7, 11) is 0. The van der Waals surface area contributed by atoms with Gasteiger partial charge in [-0.2, -0.15) is 0 Å². The highest BCUT2D eigenvalue weighted by Gasteiger charge is 2.21. The Morgan fingerprint density at radius 1 is 1.38 bits per heavy atom. The zero-order valence-corrected chi connectivity index (χ0v) is 13.7. The minimum Gasteiger partial charge on any atom is -0.348 e. The number of carbonyl (C=O) groups excluding carboxylic acids is 1. The third kappa shape index (κ3) is 4.72. The van der Waals surface area contributed by atoms with Crippen LogP contribution in [0.15, 0.2) is 24.3 Å². The van der Waals surface area contributed by atoms with E-state index in [0.717, 1.165) is 23.6 Å². The molecular weight excluding hydrogens is 284 g/mol. The lowest BCUT2D eigenvalue weighted by Crippen LogP contribution is -2.44. The molecule has 0 radical (unpaired) electrons. The first-order valence-electron chi connectivity index (χ1n) is 7.89. The van der Waals surface area contributed by atoms with Crippen LogP contribution < -0.4 is 5.32 Å². The van der Waals surface area contributed by atoms with Gasteiger partial charge in [-0.05, 0) is 50.4 Å². The first-order chi connectivity index (χ1) is 10.1. The molecule has 4 heteroatoms. The van der Waals surface area contributed by atoms with Gasteiger partial charge in [0.2, 0.25) is 5.91 Å². The van der Waals surface area contributed by atoms with E-state index in [2.05, 4.69) is 24.1 Å². The highest BCUT2D eigenvalue weighted by Crippen LogP contribution is 2.20. The van der Waals surface area contributed by atoms with Crippen molar-refractivity contribution in [2.45, 2.75) is 51.6 Å². The monoisotopic (exact) mass is 308 g/mol. The molecule has 1 amide bonds. The van der Waals surface area contributed by atoms with Crippen molar-refractivity contribution in [1.82, 2.24) is 10.2 Å². The van der Waals surface area contributed by atoms with Crippen LogP contribution in [0.4, 0.5) is 0 Å². The lowest BCUT2D eigenvalue weighted by molar-refractivity contribution is -0.123. The van der Waals surface area contributed by atoms with Crippen LogP contribution in [-0.4, -0.2) is 29.9 Å². The number of carbonyl (C=O) groups is 1. The Kier molecular flexibility index (Phi) is 6.07. The fourth-order valence-electron chi connectivity index (χ4n) is 2.93. The quantitative estimate of drug-likeness (QED) is 0.897. The highest BCUT2D eigenvalue weighted by molar-refractivity contribution is 6.30. The summed E-state index contributed by atoms with van der Waals surface area (Å²) in [5.41, 5.74) is 1.11. The molecule has 0 bridgehead atoms. The van der Waals surface area contributed by atoms with Crippen molar-refractivity contribution in [3.05, 3.63) is 34.9 Å². The van der Waals surface area contributed by atoms with Crippen LogP contribution >= 0.6 is 11.6 Å². The Balaban J connectivity index is 1.91. The van der Waals surface area contributed by atoms with Crippen molar-refractivity contribution in [2.75, 3.05) is 13.1 Å². The smallest absolute Gasteiger partial charge is 0.234 e. The maximum Gasteiger partial charge on any atom is 0.234 e. The second-order valence-electron chi connectivity index (χ2n) is 5.90. The molecule has 1 aliphatic rings. The zero-order chi connectivity index (χ0) is 15.2. The van der Waals surface area contributed by atoms with Crippen LogP contribution in [0.3, 0.4) is 0 Å². The zero-order valence-electron chi connectivity index (χ0n) is 12.9. The lowest BCUT2D eigenvalue weighted by Gasteiger charge is -2.33. The normalized spacial score (nSPS) is 21.0. The molecule has 1 aliphatic heterocycles. The fourth-order valence-corrected chi connectivity index (χ4v) is 3.06. The third-order valence-corrected chi connectivity index (χ3v) is 4.56. The number of hydrogen-bond donors (Lipinski definition) is 1. The van der Waals surface area contributed by atoms with Crippen LogP contribution in [0.5, 0.6) is 0 Å². The van der Waals surface area contributed by atoms with Gasteiger partial charge in [0, 0.05) is 11.1 Å². The number of rotatable bonds is 5. The molecule has 2 atom stereocenters. The Labute approximate surface area is 132 Å². The largest absolute Gasteiger partial charge is 0.348 e. The average molecular weight is 309 g/mol. The maximum atomic E-state index is 12.3. The second kappa shape index (κ2) is 7.81. The van der Waals surface area contributed by atoms with Gasteiger partial charge in [-0.25, -0.2) is 0 Å². The summed E-state index contributed by atoms with van der Waals surface area (Å²) in [4.78, 5) is 14.6. The van der Waals surface area contributed by atoms with Gasteiger partial charge >= 0.3 is 0 Å². The van der Waals surface area contributed by atoms with Gasteiger partial charge < -0.3 is 5.32 Å². The van der Waals surface area contributed by atoms with E-state index in [0.29, 0.717) is 12.6 Å². The minimum absolute atomic E-state index is 0.0647. The van der Waals surface area contributed by atoms with Gasteiger partial charge in [0.15, 0.2) is 0 Å². The van der Waals surface area contributed by atoms with E-state index >= 15 is 0 Å². The topological polar surface area (TPSA) is 32.3 Å². The molecule has 0 spiro atoms. The molecule has 2 rings (SSSR count). The first-order valence-corrected chi connectivity index (χ1v) is 8.26. The van der Waals surface area contributed by atoms with E-state index in [4.69, 9.17) is 11.6 Å². The number of nitrogens with one attached hydrogen (secondary N) is 1. The summed E-state index contributed by atoms with van der Waals surface area (Å²) < 4.78 is 0. The molecule has 0 saturated carbocycles. The summed E-state index contributed by atoms with van der Waals surface area (Å²) in [6.07, 6.45) is 4.55. The van der Waals surface area contributed by atoms with E-state index in [1.54, 1.807) is 0 Å². The molecule has 1 saturated heterocycles. The number of nitrogens with zero attached hydrogens (tertiary/aromatic N) is 1. The lowest BCUT2D eigenvalue weighted by atomic mass is 10.0. The first kappa shape index (κ1) is 16.3. The van der Waals surface area contributed by atoms with Crippen LogP contribution in [-0.2, 0) is 4.79 Å². The van der Waals surface area contributed by atoms with Crippen molar-refractivity contribution >= 4 is 17.5 Å². The molecule has 0 aliphatic carbocycles. The van der Waals surface area contributed by atoms with Crippen LogP contribution in [0.1, 0.15) is 51.1 Å². The molecule has 1 aromatic rings. The van der Waals surface area contributed by atoms with Crippen LogP contribution in [0.2, 0.25) is 5.02 Å². The van der Waals surface area contributed by atoms with Gasteiger partial charge in [-0.1, -0.05) is 37.1 Å². The number of likely N-dealkylation sites (tertiary alicyclic amines) is 1. The maximum absolute atomic E-state index is 12.3. The van der Waals surface area contributed by atoms with Crippen molar-refractivity contribution in [3.8, 4) is 0 Å². The van der Waals surface area contributed by atoms with Crippen LogP contribution in [0, 0.1) is 0 Å². The molecule has 1 N–H and O–H groups in total. The molecular formula is C17H25ClN2O. The molecule has 0 unspecified atom stereocenters. The Morgan fingerprint density at radius 3 is 2.71 bits per heavy atom. The number of hydrogen-bond acceptors (Lipinski definition) is 2. The number of benzene rings is 1. The molecule has 1 aromatic carbocycles. The molecule has 1 heterocycles. The van der Waals surface area contributed by atoms with Crippen molar-refractivity contribution in [2.24, 2.45) is 0 Å². The van der Waals surface area contributed by atoms with Gasteiger partial charge in [0.25, 0.3) is 0 Å². The average Bonchev–Trinajstić information content (AvgIpc) is 2.48. The standard InChI is InChI=1S/C17H25ClN2O/c1-3-16(14-7-9-15(18)10-8-14)19-17(21)12-20-11-5-4-6-13(20)2/h7-10,13,16H,3-6,11-12H2,1-2H3,(H,19,21)/t13-,16+/m0/s1. The molecule has 3 nitrogen and oxygen atoms in total. The van der Waals surface area contributed by atoms with Crippen LogP contribution in [0.25, 0.3) is 0 Å². The summed E-state index contributed by atoms with van der Waals surface area (Å²) in [6, 6.07) is 8.30. The number of amides is 1. The van der Waals surface area contributed by atoms with E-state index in [1.165, 1.54) is 19.3 Å². The predicted octanol–water partition coefficient (Wildman–Crippen LogP) is 3.78. The van der Waals surface area contributed by atoms with Crippen molar-refractivity contribution in [1.29, 1.82) is 0 Å². The minimum atomic E-state index is 0.0647. The van der Waals surface area contributed by atoms with E-state index in [-0.39, 0.29) is 11.9 Å². The van der Waals surface area contributed by atoms with E-state index < -0.39 is 0 Å². The molecule has 21 heavy (non-hydrogen) atoms. The SMILES string of the molecule is CC[C@@H](NC(=O)CN1CCCC[C@@H]1C)c1ccc(Cl)cc1.